The number of anilines is 3. The van der Waals surface area contributed by atoms with Crippen molar-refractivity contribution in [2.45, 2.75) is 43.9 Å². The van der Waals surface area contributed by atoms with E-state index in [1.54, 1.807) is 0 Å². The highest BCUT2D eigenvalue weighted by Crippen LogP contribution is 2.65. The molecular formula is C59H43NO. The Morgan fingerprint density at radius 1 is 0.377 bits per heavy atom. The van der Waals surface area contributed by atoms with Crippen molar-refractivity contribution in [3.8, 4) is 44.9 Å². The van der Waals surface area contributed by atoms with E-state index in [0.717, 1.165) is 33.9 Å². The van der Waals surface area contributed by atoms with Gasteiger partial charge in [-0.15, -0.1) is 0 Å². The molecule has 0 saturated heterocycles. The topological polar surface area (TPSA) is 12.5 Å². The van der Waals surface area contributed by atoms with Gasteiger partial charge in [0.2, 0.25) is 0 Å². The summed E-state index contributed by atoms with van der Waals surface area (Å²) in [6, 6.07) is 70.3. The van der Waals surface area contributed by atoms with Crippen molar-refractivity contribution in [3.05, 3.63) is 233 Å². The second kappa shape index (κ2) is 12.0. The Balaban J connectivity index is 1.11. The third-order valence-corrected chi connectivity index (χ3v) is 14.7. The minimum Gasteiger partial charge on any atom is -0.456 e. The standard InChI is InChI=1S/C59H43NO/c1-57(2)45-21-10-7-18-40(45)42-31-29-37(34-51(42)57)60(38-30-32-43-41-19-8-11-22-46(41)58(3,4)52(43)35-38)53-26-15-25-49-55(53)44-20-9-12-23-47(44)59(49)48-24-13-14-27-54(48)61-56-39-17-6-5-16-36(39)28-33-50(56)59/h5-35H,1-4H3. The first-order chi connectivity index (χ1) is 29.8. The summed E-state index contributed by atoms with van der Waals surface area (Å²) in [6.07, 6.45) is 0. The smallest absolute Gasteiger partial charge is 0.140 e. The average molecular weight is 782 g/mol. The second-order valence-electron chi connectivity index (χ2n) is 18.4. The van der Waals surface area contributed by atoms with E-state index in [2.05, 4.69) is 221 Å². The lowest BCUT2D eigenvalue weighted by Gasteiger charge is -2.40. The molecule has 61 heavy (non-hydrogen) atoms. The van der Waals surface area contributed by atoms with Crippen molar-refractivity contribution in [2.24, 2.45) is 0 Å². The Kier molecular flexibility index (Phi) is 6.81. The number of hydrogen-bond acceptors (Lipinski definition) is 2. The van der Waals surface area contributed by atoms with Gasteiger partial charge in [0, 0.05) is 44.3 Å². The Morgan fingerprint density at radius 2 is 0.902 bits per heavy atom. The van der Waals surface area contributed by atoms with Crippen molar-refractivity contribution in [1.82, 2.24) is 0 Å². The third kappa shape index (κ3) is 4.37. The van der Waals surface area contributed by atoms with E-state index < -0.39 is 5.41 Å². The SMILES string of the molecule is CC1(C)c2ccccc2-c2ccc(N(c3ccc4c(c3)C(C)(C)c3ccccc3-4)c3cccc4c3-c3ccccc3C43c4ccccc4Oc4c3ccc3ccccc43)cc21. The van der Waals surface area contributed by atoms with Gasteiger partial charge >= 0.3 is 0 Å². The van der Waals surface area contributed by atoms with Crippen molar-refractivity contribution in [3.63, 3.8) is 0 Å². The fraction of sp³-hybridized carbons (Fsp3) is 0.119. The van der Waals surface area contributed by atoms with Crippen molar-refractivity contribution >= 4 is 27.8 Å². The molecule has 9 aromatic carbocycles. The minimum absolute atomic E-state index is 0.150. The minimum atomic E-state index is -0.606. The molecule has 290 valence electrons. The zero-order valence-electron chi connectivity index (χ0n) is 34.8. The number of para-hydroxylation sites is 1. The molecule has 1 atom stereocenters. The van der Waals surface area contributed by atoms with E-state index in [1.807, 2.05) is 0 Å². The van der Waals surface area contributed by atoms with Crippen LogP contribution >= 0.6 is 0 Å². The summed E-state index contributed by atoms with van der Waals surface area (Å²) >= 11 is 0. The van der Waals surface area contributed by atoms with E-state index in [-0.39, 0.29) is 10.8 Å². The van der Waals surface area contributed by atoms with Crippen LogP contribution in [0.25, 0.3) is 44.2 Å². The maximum absolute atomic E-state index is 6.99. The molecule has 0 saturated carbocycles. The molecule has 1 aliphatic heterocycles. The van der Waals surface area contributed by atoms with Crippen LogP contribution in [-0.4, -0.2) is 0 Å². The highest BCUT2D eigenvalue weighted by Gasteiger charge is 2.52. The highest BCUT2D eigenvalue weighted by molar-refractivity contribution is 6.01. The first kappa shape index (κ1) is 34.7. The Hall–Kier alpha value is -7.16. The van der Waals surface area contributed by atoms with Gasteiger partial charge in [0.15, 0.2) is 0 Å². The molecule has 0 fully saturated rings. The van der Waals surface area contributed by atoms with Gasteiger partial charge < -0.3 is 9.64 Å². The van der Waals surface area contributed by atoms with E-state index >= 15 is 0 Å². The zero-order chi connectivity index (χ0) is 40.8. The Labute approximate surface area is 357 Å². The lowest BCUT2D eigenvalue weighted by molar-refractivity contribution is 0.441. The van der Waals surface area contributed by atoms with Gasteiger partial charge in [0.1, 0.15) is 11.5 Å². The van der Waals surface area contributed by atoms with Crippen LogP contribution in [0, 0.1) is 0 Å². The number of hydrogen-bond donors (Lipinski definition) is 0. The van der Waals surface area contributed by atoms with Crippen molar-refractivity contribution in [1.29, 1.82) is 0 Å². The summed E-state index contributed by atoms with van der Waals surface area (Å²) in [5, 5.41) is 2.30. The maximum Gasteiger partial charge on any atom is 0.140 e. The van der Waals surface area contributed by atoms with Crippen LogP contribution in [0.2, 0.25) is 0 Å². The maximum atomic E-state index is 6.99. The van der Waals surface area contributed by atoms with Gasteiger partial charge in [-0.1, -0.05) is 179 Å². The molecule has 0 aromatic heterocycles. The molecule has 0 N–H and O–H groups in total. The van der Waals surface area contributed by atoms with Gasteiger partial charge in [-0.05, 0) is 103 Å². The van der Waals surface area contributed by atoms with E-state index in [4.69, 9.17) is 4.74 Å². The number of nitrogens with zero attached hydrogens (tertiary/aromatic N) is 1. The Bertz CT molecular complexity index is 3260. The molecule has 9 aromatic rings. The van der Waals surface area contributed by atoms with Crippen LogP contribution in [-0.2, 0) is 16.2 Å². The van der Waals surface area contributed by atoms with Crippen LogP contribution in [0.1, 0.15) is 72.2 Å². The van der Waals surface area contributed by atoms with Crippen LogP contribution in [0.5, 0.6) is 11.5 Å². The predicted molar refractivity (Wildman–Crippen MR) is 251 cm³/mol. The normalized spacial score (nSPS) is 17.3. The van der Waals surface area contributed by atoms with Gasteiger partial charge in [-0.3, -0.25) is 0 Å². The third-order valence-electron chi connectivity index (χ3n) is 14.7. The molecule has 0 radical (unpaired) electrons. The molecule has 2 heteroatoms. The quantitative estimate of drug-likeness (QED) is 0.177. The molecular weight excluding hydrogens is 739 g/mol. The molecule has 4 aliphatic rings. The first-order valence-corrected chi connectivity index (χ1v) is 21.6. The van der Waals surface area contributed by atoms with Crippen LogP contribution in [0.3, 0.4) is 0 Å². The zero-order valence-corrected chi connectivity index (χ0v) is 34.8. The molecule has 3 aliphatic carbocycles. The van der Waals surface area contributed by atoms with Crippen molar-refractivity contribution < 1.29 is 4.74 Å². The molecule has 1 heterocycles. The van der Waals surface area contributed by atoms with E-state index in [9.17, 15) is 0 Å². The summed E-state index contributed by atoms with van der Waals surface area (Å²) in [5.41, 5.74) is 20.7. The molecule has 0 amide bonds. The number of rotatable bonds is 3. The molecule has 2 nitrogen and oxygen atoms in total. The fourth-order valence-electron chi connectivity index (χ4n) is 11.9. The summed E-state index contributed by atoms with van der Waals surface area (Å²) in [6.45, 7) is 9.52. The van der Waals surface area contributed by atoms with Crippen LogP contribution in [0.4, 0.5) is 17.1 Å². The molecule has 13 rings (SSSR count). The van der Waals surface area contributed by atoms with E-state index in [1.165, 1.54) is 83.3 Å². The monoisotopic (exact) mass is 781 g/mol. The Morgan fingerprint density at radius 3 is 1.57 bits per heavy atom. The first-order valence-electron chi connectivity index (χ1n) is 21.6. The molecule has 1 unspecified atom stereocenters. The summed E-state index contributed by atoms with van der Waals surface area (Å²) < 4.78 is 6.99. The summed E-state index contributed by atoms with van der Waals surface area (Å²) in [7, 11) is 0. The van der Waals surface area contributed by atoms with Crippen molar-refractivity contribution in [2.75, 3.05) is 4.90 Å². The van der Waals surface area contributed by atoms with Crippen LogP contribution in [0.15, 0.2) is 188 Å². The van der Waals surface area contributed by atoms with E-state index in [0.29, 0.717) is 0 Å². The molecule has 0 bridgehead atoms. The van der Waals surface area contributed by atoms with Gasteiger partial charge in [0.05, 0.1) is 11.1 Å². The number of ether oxygens (including phenoxy) is 1. The lowest BCUT2D eigenvalue weighted by atomic mass is 9.65. The van der Waals surface area contributed by atoms with Gasteiger partial charge in [-0.2, -0.15) is 0 Å². The van der Waals surface area contributed by atoms with Crippen LogP contribution < -0.4 is 9.64 Å². The average Bonchev–Trinajstić information content (AvgIpc) is 3.81. The van der Waals surface area contributed by atoms with Gasteiger partial charge in [-0.25, -0.2) is 0 Å². The summed E-state index contributed by atoms with van der Waals surface area (Å²) in [4.78, 5) is 2.56. The highest BCUT2D eigenvalue weighted by atomic mass is 16.5. The number of fused-ring (bicyclic) bond motifs is 17. The predicted octanol–water partition coefficient (Wildman–Crippen LogP) is 15.4. The summed E-state index contributed by atoms with van der Waals surface area (Å²) in [5.74, 6) is 1.83. The second-order valence-corrected chi connectivity index (χ2v) is 18.4. The lowest BCUT2D eigenvalue weighted by Crippen LogP contribution is -2.32. The number of benzene rings is 9. The molecule has 1 spiro atoms. The van der Waals surface area contributed by atoms with Gasteiger partial charge in [0.25, 0.3) is 0 Å². The largest absolute Gasteiger partial charge is 0.456 e. The fourth-order valence-corrected chi connectivity index (χ4v) is 11.9.